The molecule has 0 saturated carbocycles. The van der Waals surface area contributed by atoms with Crippen LogP contribution >= 0.6 is 43.5 Å². The van der Waals surface area contributed by atoms with Crippen LogP contribution in [0.1, 0.15) is 17.2 Å². The minimum Gasteiger partial charge on any atom is -0.383 e. The van der Waals surface area contributed by atoms with Crippen molar-refractivity contribution in [2.75, 3.05) is 0 Å². The number of aliphatic hydroxyl groups excluding tert-OH is 1. The Labute approximate surface area is 130 Å². The van der Waals surface area contributed by atoms with Gasteiger partial charge in [-0.15, -0.1) is 0 Å². The first-order chi connectivity index (χ1) is 8.90. The van der Waals surface area contributed by atoms with Gasteiger partial charge in [0.05, 0.1) is 4.47 Å². The second kappa shape index (κ2) is 5.87. The van der Waals surface area contributed by atoms with Gasteiger partial charge in [-0.05, 0) is 46.3 Å². The van der Waals surface area contributed by atoms with Crippen LogP contribution in [0, 0.1) is 11.6 Å². The SMILES string of the molecule is OC(c1cc(F)c(Br)cc1F)c1cc(Br)ccc1Cl. The minimum atomic E-state index is -1.34. The Morgan fingerprint density at radius 1 is 1.00 bits per heavy atom. The second-order valence-electron chi connectivity index (χ2n) is 3.86. The van der Waals surface area contributed by atoms with E-state index >= 15 is 0 Å². The lowest BCUT2D eigenvalue weighted by atomic mass is 10.0. The summed E-state index contributed by atoms with van der Waals surface area (Å²) >= 11 is 12.1. The highest BCUT2D eigenvalue weighted by Gasteiger charge is 2.20. The quantitative estimate of drug-likeness (QED) is 0.670. The Kier molecular flexibility index (Phi) is 4.61. The number of halogens is 5. The summed E-state index contributed by atoms with van der Waals surface area (Å²) < 4.78 is 27.9. The molecule has 6 heteroatoms. The topological polar surface area (TPSA) is 20.2 Å². The average molecular weight is 412 g/mol. The molecule has 0 bridgehead atoms. The Balaban J connectivity index is 2.52. The summed E-state index contributed by atoms with van der Waals surface area (Å²) in [6, 6.07) is 6.74. The monoisotopic (exact) mass is 410 g/mol. The summed E-state index contributed by atoms with van der Waals surface area (Å²) in [5.41, 5.74) is 0.136. The van der Waals surface area contributed by atoms with Gasteiger partial charge < -0.3 is 5.11 Å². The predicted octanol–water partition coefficient (Wildman–Crippen LogP) is 5.22. The summed E-state index contributed by atoms with van der Waals surface area (Å²) in [6.07, 6.45) is -1.34. The predicted molar refractivity (Wildman–Crippen MR) is 77.3 cm³/mol. The number of benzene rings is 2. The van der Waals surface area contributed by atoms with Crippen LogP contribution in [-0.4, -0.2) is 5.11 Å². The molecule has 0 saturated heterocycles. The first kappa shape index (κ1) is 14.9. The zero-order valence-corrected chi connectivity index (χ0v) is 13.2. The van der Waals surface area contributed by atoms with E-state index in [1.54, 1.807) is 18.2 Å². The van der Waals surface area contributed by atoms with E-state index < -0.39 is 17.7 Å². The zero-order valence-electron chi connectivity index (χ0n) is 9.30. The highest BCUT2D eigenvalue weighted by Crippen LogP contribution is 2.33. The van der Waals surface area contributed by atoms with Crippen molar-refractivity contribution in [2.24, 2.45) is 0 Å². The van der Waals surface area contributed by atoms with Gasteiger partial charge in [0.2, 0.25) is 0 Å². The lowest BCUT2D eigenvalue weighted by Gasteiger charge is -2.15. The fourth-order valence-electron chi connectivity index (χ4n) is 1.64. The molecule has 0 amide bonds. The molecule has 19 heavy (non-hydrogen) atoms. The van der Waals surface area contributed by atoms with E-state index in [0.717, 1.165) is 12.1 Å². The Bertz CT molecular complexity index is 634. The van der Waals surface area contributed by atoms with E-state index in [1.807, 2.05) is 0 Å². The van der Waals surface area contributed by atoms with Crippen LogP contribution in [0.3, 0.4) is 0 Å². The van der Waals surface area contributed by atoms with Crippen LogP contribution < -0.4 is 0 Å². The van der Waals surface area contributed by atoms with Gasteiger partial charge in [0.1, 0.15) is 17.7 Å². The van der Waals surface area contributed by atoms with Gasteiger partial charge in [-0.2, -0.15) is 0 Å². The molecule has 2 aromatic carbocycles. The fraction of sp³-hybridized carbons (Fsp3) is 0.0769. The summed E-state index contributed by atoms with van der Waals surface area (Å²) in [5.74, 6) is -1.36. The standard InChI is InChI=1S/C13H7Br2ClF2O/c14-6-1-2-10(16)7(3-6)13(19)8-4-12(18)9(15)5-11(8)17/h1-5,13,19H. The van der Waals surface area contributed by atoms with E-state index in [9.17, 15) is 13.9 Å². The van der Waals surface area contributed by atoms with Crippen molar-refractivity contribution >= 4 is 43.5 Å². The molecule has 1 unspecified atom stereocenters. The minimum absolute atomic E-state index is 0.00119. The third-order valence-corrected chi connectivity index (χ3v) is 4.03. The molecule has 0 heterocycles. The molecule has 1 N–H and O–H groups in total. The molecule has 2 rings (SSSR count). The van der Waals surface area contributed by atoms with E-state index in [4.69, 9.17) is 11.6 Å². The smallest absolute Gasteiger partial charge is 0.137 e. The highest BCUT2D eigenvalue weighted by molar-refractivity contribution is 9.10. The molecule has 0 radical (unpaired) electrons. The third kappa shape index (κ3) is 3.16. The van der Waals surface area contributed by atoms with Gasteiger partial charge in [-0.3, -0.25) is 0 Å². The van der Waals surface area contributed by atoms with Crippen molar-refractivity contribution in [1.29, 1.82) is 0 Å². The van der Waals surface area contributed by atoms with E-state index in [0.29, 0.717) is 10.0 Å². The third-order valence-electron chi connectivity index (χ3n) is 2.59. The summed E-state index contributed by atoms with van der Waals surface area (Å²) in [6.45, 7) is 0. The summed E-state index contributed by atoms with van der Waals surface area (Å²) in [4.78, 5) is 0. The van der Waals surface area contributed by atoms with E-state index in [2.05, 4.69) is 31.9 Å². The van der Waals surface area contributed by atoms with Crippen molar-refractivity contribution in [3.8, 4) is 0 Å². The molecule has 0 spiro atoms. The molecule has 0 aliphatic heterocycles. The zero-order chi connectivity index (χ0) is 14.2. The summed E-state index contributed by atoms with van der Waals surface area (Å²) in [5, 5.41) is 10.4. The first-order valence-electron chi connectivity index (χ1n) is 5.17. The molecule has 1 atom stereocenters. The lowest BCUT2D eigenvalue weighted by molar-refractivity contribution is 0.214. The molecule has 0 aliphatic carbocycles. The first-order valence-corrected chi connectivity index (χ1v) is 7.14. The molecular formula is C13H7Br2ClF2O. The number of rotatable bonds is 2. The normalized spacial score (nSPS) is 12.5. The Morgan fingerprint density at radius 2 is 1.68 bits per heavy atom. The largest absolute Gasteiger partial charge is 0.383 e. The van der Waals surface area contributed by atoms with Crippen molar-refractivity contribution < 1.29 is 13.9 Å². The fourth-order valence-corrected chi connectivity index (χ4v) is 2.55. The molecule has 0 fully saturated rings. The number of hydrogen-bond donors (Lipinski definition) is 1. The van der Waals surface area contributed by atoms with Crippen LogP contribution in [0.2, 0.25) is 5.02 Å². The van der Waals surface area contributed by atoms with Gasteiger partial charge in [-0.25, -0.2) is 8.78 Å². The van der Waals surface area contributed by atoms with Crippen molar-refractivity contribution in [3.05, 3.63) is 67.1 Å². The maximum Gasteiger partial charge on any atom is 0.137 e. The molecule has 0 aliphatic rings. The maximum atomic E-state index is 13.8. The number of aliphatic hydroxyl groups is 1. The Hall–Kier alpha value is -0.490. The van der Waals surface area contributed by atoms with Gasteiger partial charge in [0.15, 0.2) is 0 Å². The van der Waals surface area contributed by atoms with Crippen LogP contribution in [-0.2, 0) is 0 Å². The van der Waals surface area contributed by atoms with Crippen molar-refractivity contribution in [1.82, 2.24) is 0 Å². The van der Waals surface area contributed by atoms with Crippen LogP contribution in [0.25, 0.3) is 0 Å². The molecular weight excluding hydrogens is 405 g/mol. The number of hydrogen-bond acceptors (Lipinski definition) is 1. The van der Waals surface area contributed by atoms with Gasteiger partial charge in [0, 0.05) is 20.6 Å². The second-order valence-corrected chi connectivity index (χ2v) is 6.03. The maximum absolute atomic E-state index is 13.8. The van der Waals surface area contributed by atoms with E-state index in [1.165, 1.54) is 0 Å². The summed E-state index contributed by atoms with van der Waals surface area (Å²) in [7, 11) is 0. The molecule has 100 valence electrons. The van der Waals surface area contributed by atoms with Crippen LogP contribution in [0.4, 0.5) is 8.78 Å². The van der Waals surface area contributed by atoms with Gasteiger partial charge >= 0.3 is 0 Å². The molecule has 0 aromatic heterocycles. The van der Waals surface area contributed by atoms with Crippen molar-refractivity contribution in [3.63, 3.8) is 0 Å². The highest BCUT2D eigenvalue weighted by atomic mass is 79.9. The Morgan fingerprint density at radius 3 is 2.37 bits per heavy atom. The lowest BCUT2D eigenvalue weighted by Crippen LogP contribution is -2.04. The van der Waals surface area contributed by atoms with Crippen LogP contribution in [0.5, 0.6) is 0 Å². The van der Waals surface area contributed by atoms with Crippen molar-refractivity contribution in [2.45, 2.75) is 6.10 Å². The van der Waals surface area contributed by atoms with Gasteiger partial charge in [0.25, 0.3) is 0 Å². The average Bonchev–Trinajstić information content (AvgIpc) is 2.36. The molecule has 1 nitrogen and oxygen atoms in total. The van der Waals surface area contributed by atoms with E-state index in [-0.39, 0.29) is 15.1 Å². The molecule has 2 aromatic rings. The van der Waals surface area contributed by atoms with Gasteiger partial charge in [-0.1, -0.05) is 27.5 Å². The van der Waals surface area contributed by atoms with Crippen LogP contribution in [0.15, 0.2) is 39.3 Å².